The van der Waals surface area contributed by atoms with Gasteiger partial charge in [-0.15, -0.1) is 0 Å². The van der Waals surface area contributed by atoms with Crippen molar-refractivity contribution in [1.82, 2.24) is 9.78 Å². The van der Waals surface area contributed by atoms with Gasteiger partial charge >= 0.3 is 6.18 Å². The summed E-state index contributed by atoms with van der Waals surface area (Å²) in [7, 11) is 2.97. The van der Waals surface area contributed by atoms with Crippen LogP contribution >= 0.6 is 0 Å². The van der Waals surface area contributed by atoms with Crippen molar-refractivity contribution in [3.05, 3.63) is 71.5 Å². The van der Waals surface area contributed by atoms with E-state index in [-0.39, 0.29) is 0 Å². The number of benzene rings is 2. The molecule has 30 heavy (non-hydrogen) atoms. The number of carbonyl (C=O) groups is 1. The summed E-state index contributed by atoms with van der Waals surface area (Å²) in [4.78, 5) is 12.6. The second-order valence-corrected chi connectivity index (χ2v) is 7.35. The highest BCUT2D eigenvalue weighted by Gasteiger charge is 2.39. The van der Waals surface area contributed by atoms with E-state index in [1.807, 2.05) is 38.1 Å². The molecule has 5 nitrogen and oxygen atoms in total. The smallest absolute Gasteiger partial charge is 0.374 e. The van der Waals surface area contributed by atoms with Gasteiger partial charge in [-0.1, -0.05) is 42.5 Å². The Bertz CT molecular complexity index is 1050. The zero-order chi connectivity index (χ0) is 22.1. The molecule has 0 saturated heterocycles. The maximum atomic E-state index is 13.2. The number of nitrogens with zero attached hydrogens (tertiary/aromatic N) is 2. The molecule has 0 radical (unpaired) electrons. The van der Waals surface area contributed by atoms with Crippen molar-refractivity contribution >= 4 is 11.6 Å². The van der Waals surface area contributed by atoms with Crippen molar-refractivity contribution in [1.29, 1.82) is 0 Å². The fraction of sp³-hybridized carbons (Fsp3) is 0.273. The molecule has 1 heterocycles. The summed E-state index contributed by atoms with van der Waals surface area (Å²) >= 11 is 0. The third kappa shape index (κ3) is 4.38. The van der Waals surface area contributed by atoms with E-state index in [2.05, 4.69) is 10.4 Å². The summed E-state index contributed by atoms with van der Waals surface area (Å²) in [6.45, 7) is 3.89. The van der Waals surface area contributed by atoms with E-state index >= 15 is 0 Å². The molecule has 0 fully saturated rings. The van der Waals surface area contributed by atoms with Crippen molar-refractivity contribution < 1.29 is 22.7 Å². The van der Waals surface area contributed by atoms with E-state index < -0.39 is 28.9 Å². The monoisotopic (exact) mass is 417 g/mol. The van der Waals surface area contributed by atoms with Gasteiger partial charge in [0.1, 0.15) is 0 Å². The first-order valence-electron chi connectivity index (χ1n) is 9.20. The molecule has 0 atom stereocenters. The molecule has 0 bridgehead atoms. The van der Waals surface area contributed by atoms with E-state index in [0.29, 0.717) is 11.3 Å². The summed E-state index contributed by atoms with van der Waals surface area (Å²) in [5.41, 5.74) is 0.663. The second-order valence-electron chi connectivity index (χ2n) is 7.35. The van der Waals surface area contributed by atoms with Crippen LogP contribution in [0.25, 0.3) is 11.1 Å². The lowest BCUT2D eigenvalue weighted by molar-refractivity contribution is -0.141. The van der Waals surface area contributed by atoms with Gasteiger partial charge < -0.3 is 10.1 Å². The van der Waals surface area contributed by atoms with Gasteiger partial charge in [0, 0.05) is 31.6 Å². The molecule has 1 aromatic heterocycles. The maximum absolute atomic E-state index is 13.2. The van der Waals surface area contributed by atoms with E-state index in [1.165, 1.54) is 7.05 Å². The van der Waals surface area contributed by atoms with Crippen molar-refractivity contribution in [3.63, 3.8) is 0 Å². The summed E-state index contributed by atoms with van der Waals surface area (Å²) in [5.74, 6) is -0.875. The van der Waals surface area contributed by atoms with Gasteiger partial charge in [0.05, 0.1) is 11.2 Å². The quantitative estimate of drug-likeness (QED) is 0.618. The Morgan fingerprint density at radius 3 is 2.30 bits per heavy atom. The van der Waals surface area contributed by atoms with Crippen LogP contribution in [0.4, 0.5) is 18.9 Å². The third-order valence-corrected chi connectivity index (χ3v) is 4.92. The van der Waals surface area contributed by atoms with E-state index in [4.69, 9.17) is 4.74 Å². The van der Waals surface area contributed by atoms with Crippen LogP contribution in [0.2, 0.25) is 0 Å². The van der Waals surface area contributed by atoms with E-state index in [0.717, 1.165) is 22.0 Å². The SMILES string of the molecule is COC(C)(C)c1ccc(-c2ccccc2NC(=O)c2cn(C)nc2C(F)(F)F)cc1. The van der Waals surface area contributed by atoms with Gasteiger partial charge in [0.25, 0.3) is 5.91 Å². The summed E-state index contributed by atoms with van der Waals surface area (Å²) < 4.78 is 46.1. The Balaban J connectivity index is 1.93. The van der Waals surface area contributed by atoms with E-state index in [1.54, 1.807) is 31.4 Å². The Hall–Kier alpha value is -3.13. The molecule has 1 N–H and O–H groups in total. The molecule has 158 valence electrons. The minimum Gasteiger partial charge on any atom is -0.374 e. The molecule has 8 heteroatoms. The van der Waals surface area contributed by atoms with Crippen molar-refractivity contribution in [2.75, 3.05) is 12.4 Å². The fourth-order valence-corrected chi connectivity index (χ4v) is 3.07. The number of hydrogen-bond acceptors (Lipinski definition) is 3. The van der Waals surface area contributed by atoms with Crippen LogP contribution in [-0.2, 0) is 23.6 Å². The fourth-order valence-electron chi connectivity index (χ4n) is 3.07. The lowest BCUT2D eigenvalue weighted by Crippen LogP contribution is -2.19. The Labute approximate surface area is 172 Å². The average Bonchev–Trinajstić information content (AvgIpc) is 3.11. The zero-order valence-electron chi connectivity index (χ0n) is 17.0. The molecule has 0 saturated carbocycles. The minimum absolute atomic E-state index is 0.401. The number of carbonyl (C=O) groups excluding carboxylic acids is 1. The first kappa shape index (κ1) is 21.6. The Kier molecular flexibility index (Phi) is 5.72. The lowest BCUT2D eigenvalue weighted by Gasteiger charge is -2.23. The standard InChI is InChI=1S/C22H22F3N3O2/c1-21(2,30-4)15-11-9-14(10-12-15)16-7-5-6-8-18(16)26-20(29)17-13-28(3)27-19(17)22(23,24)25/h5-13H,1-4H3,(H,26,29). The van der Waals surface area contributed by atoms with Crippen LogP contribution in [0.3, 0.4) is 0 Å². The zero-order valence-corrected chi connectivity index (χ0v) is 17.0. The molecule has 3 aromatic rings. The number of amides is 1. The molecular weight excluding hydrogens is 395 g/mol. The van der Waals surface area contributed by atoms with Crippen molar-refractivity contribution in [3.8, 4) is 11.1 Å². The first-order chi connectivity index (χ1) is 14.0. The Morgan fingerprint density at radius 1 is 1.07 bits per heavy atom. The number of methoxy groups -OCH3 is 1. The van der Waals surface area contributed by atoms with Crippen LogP contribution in [0.15, 0.2) is 54.7 Å². The molecule has 0 spiro atoms. The lowest BCUT2D eigenvalue weighted by atomic mass is 9.95. The highest BCUT2D eigenvalue weighted by atomic mass is 19.4. The molecule has 0 aliphatic heterocycles. The van der Waals surface area contributed by atoms with Gasteiger partial charge in [-0.3, -0.25) is 9.48 Å². The number of aryl methyl sites for hydroxylation is 1. The number of para-hydroxylation sites is 1. The number of anilines is 1. The number of ether oxygens (including phenoxy) is 1. The molecule has 1 amide bonds. The molecule has 3 rings (SSSR count). The third-order valence-electron chi connectivity index (χ3n) is 4.92. The highest BCUT2D eigenvalue weighted by Crippen LogP contribution is 2.33. The average molecular weight is 417 g/mol. The van der Waals surface area contributed by atoms with Crippen LogP contribution in [0.1, 0.15) is 35.5 Å². The number of alkyl halides is 3. The van der Waals surface area contributed by atoms with Crippen molar-refractivity contribution in [2.45, 2.75) is 25.6 Å². The largest absolute Gasteiger partial charge is 0.435 e. The van der Waals surface area contributed by atoms with Crippen LogP contribution in [0.5, 0.6) is 0 Å². The number of nitrogens with one attached hydrogen (secondary N) is 1. The summed E-state index contributed by atoms with van der Waals surface area (Å²) in [6, 6.07) is 14.5. The molecular formula is C22H22F3N3O2. The number of hydrogen-bond donors (Lipinski definition) is 1. The second kappa shape index (κ2) is 7.95. The van der Waals surface area contributed by atoms with Crippen molar-refractivity contribution in [2.24, 2.45) is 7.05 Å². The normalized spacial score (nSPS) is 12.1. The van der Waals surface area contributed by atoms with E-state index in [9.17, 15) is 18.0 Å². The Morgan fingerprint density at radius 2 is 1.70 bits per heavy atom. The van der Waals surface area contributed by atoms with Gasteiger partial charge in [0.15, 0.2) is 5.69 Å². The van der Waals surface area contributed by atoms with Gasteiger partial charge in [-0.2, -0.15) is 18.3 Å². The highest BCUT2D eigenvalue weighted by molar-refractivity contribution is 6.07. The molecule has 0 unspecified atom stereocenters. The number of rotatable bonds is 5. The van der Waals surface area contributed by atoms with Gasteiger partial charge in [-0.25, -0.2) is 0 Å². The first-order valence-corrected chi connectivity index (χ1v) is 9.20. The molecule has 0 aliphatic rings. The predicted octanol–water partition coefficient (Wildman–Crippen LogP) is 5.24. The molecule has 2 aromatic carbocycles. The van der Waals surface area contributed by atoms with Gasteiger partial charge in [0.2, 0.25) is 0 Å². The predicted molar refractivity (Wildman–Crippen MR) is 108 cm³/mol. The van der Waals surface area contributed by atoms with Gasteiger partial charge in [-0.05, 0) is 31.0 Å². The van der Waals surface area contributed by atoms with Crippen LogP contribution in [0, 0.1) is 0 Å². The number of aromatic nitrogens is 2. The van der Waals surface area contributed by atoms with Crippen LogP contribution in [-0.4, -0.2) is 22.8 Å². The minimum atomic E-state index is -4.72. The number of halogens is 3. The summed E-state index contributed by atoms with van der Waals surface area (Å²) in [5, 5.41) is 5.98. The molecule has 0 aliphatic carbocycles. The summed E-state index contributed by atoms with van der Waals surface area (Å²) in [6.07, 6.45) is -3.67. The van der Waals surface area contributed by atoms with Crippen LogP contribution < -0.4 is 5.32 Å². The maximum Gasteiger partial charge on any atom is 0.435 e. The topological polar surface area (TPSA) is 56.1 Å².